The second-order valence-corrected chi connectivity index (χ2v) is 4.77. The molecule has 1 aliphatic carbocycles. The molecule has 0 bridgehead atoms. The molecule has 0 aromatic rings. The smallest absolute Gasteiger partial charge is 0.342 e. The summed E-state index contributed by atoms with van der Waals surface area (Å²) < 4.78 is 37.2. The average Bonchev–Trinajstić information content (AvgIpc) is 2.14. The molecule has 0 aromatic heterocycles. The van der Waals surface area contributed by atoms with Crippen LogP contribution < -0.4 is 0 Å². The minimum absolute atomic E-state index is 0.0714. The minimum atomic E-state index is -4.09. The van der Waals surface area contributed by atoms with E-state index in [1.165, 1.54) is 0 Å². The molecule has 2 fully saturated rings. The summed E-state index contributed by atoms with van der Waals surface area (Å²) in [6, 6.07) is 0. The highest BCUT2D eigenvalue weighted by Crippen LogP contribution is 2.35. The van der Waals surface area contributed by atoms with Crippen LogP contribution in [0.3, 0.4) is 0 Å². The summed E-state index contributed by atoms with van der Waals surface area (Å²) in [6.07, 6.45) is -1.04. The van der Waals surface area contributed by atoms with Crippen molar-refractivity contribution in [3.63, 3.8) is 0 Å². The Morgan fingerprint density at radius 1 is 1.06 bits per heavy atom. The molecule has 1 saturated carbocycles. The zero-order valence-electron chi connectivity index (χ0n) is 9.09. The lowest BCUT2D eigenvalue weighted by Crippen LogP contribution is -2.45. The van der Waals surface area contributed by atoms with Crippen LogP contribution >= 0.6 is 0 Å². The van der Waals surface area contributed by atoms with Gasteiger partial charge in [-0.3, -0.25) is 4.79 Å². The van der Waals surface area contributed by atoms with E-state index in [4.69, 9.17) is 0 Å². The lowest BCUT2D eigenvalue weighted by Gasteiger charge is -2.37. The first kappa shape index (κ1) is 11.7. The van der Waals surface area contributed by atoms with E-state index in [-0.39, 0.29) is 37.8 Å². The van der Waals surface area contributed by atoms with E-state index in [1.807, 2.05) is 0 Å². The van der Waals surface area contributed by atoms with Gasteiger partial charge in [-0.25, -0.2) is 0 Å². The van der Waals surface area contributed by atoms with Gasteiger partial charge < -0.3 is 4.90 Å². The molecule has 2 rings (SSSR count). The van der Waals surface area contributed by atoms with E-state index in [0.29, 0.717) is 0 Å². The Balaban J connectivity index is 1.82. The first-order valence-corrected chi connectivity index (χ1v) is 5.84. The Labute approximate surface area is 92.8 Å². The van der Waals surface area contributed by atoms with Crippen LogP contribution in [0.2, 0.25) is 0 Å². The normalized spacial score (nSPS) is 24.3. The third-order valence-electron chi connectivity index (χ3n) is 3.72. The van der Waals surface area contributed by atoms with Crippen molar-refractivity contribution in [2.24, 2.45) is 11.8 Å². The standard InChI is InChI=1S/C11H16F3NO/c12-11(13,14)9-4-6-15(7-5-9)10(16)8-2-1-3-8/h8-9H,1-7H2. The number of alkyl halides is 3. The first-order chi connectivity index (χ1) is 7.48. The maximum absolute atomic E-state index is 12.4. The quantitative estimate of drug-likeness (QED) is 0.684. The molecule has 2 aliphatic rings. The highest BCUT2D eigenvalue weighted by Gasteiger charge is 2.42. The number of piperidine rings is 1. The maximum Gasteiger partial charge on any atom is 0.391 e. The van der Waals surface area contributed by atoms with Gasteiger partial charge in [0.05, 0.1) is 5.92 Å². The van der Waals surface area contributed by atoms with Crippen LogP contribution in [0.4, 0.5) is 13.2 Å². The van der Waals surface area contributed by atoms with Gasteiger partial charge in [-0.05, 0) is 25.7 Å². The zero-order valence-corrected chi connectivity index (χ0v) is 9.09. The second kappa shape index (κ2) is 4.26. The number of likely N-dealkylation sites (tertiary alicyclic amines) is 1. The Morgan fingerprint density at radius 3 is 2.00 bits per heavy atom. The maximum atomic E-state index is 12.4. The van der Waals surface area contributed by atoms with Gasteiger partial charge in [-0.1, -0.05) is 6.42 Å². The van der Waals surface area contributed by atoms with Crippen molar-refractivity contribution in [3.8, 4) is 0 Å². The number of carbonyl (C=O) groups is 1. The van der Waals surface area contributed by atoms with Gasteiger partial charge in [-0.15, -0.1) is 0 Å². The van der Waals surface area contributed by atoms with Crippen molar-refractivity contribution in [1.82, 2.24) is 4.90 Å². The summed E-state index contributed by atoms with van der Waals surface area (Å²) in [4.78, 5) is 13.4. The number of carbonyl (C=O) groups excluding carboxylic acids is 1. The zero-order chi connectivity index (χ0) is 11.8. The van der Waals surface area contributed by atoms with Crippen molar-refractivity contribution in [2.45, 2.75) is 38.3 Å². The van der Waals surface area contributed by atoms with Gasteiger partial charge in [-0.2, -0.15) is 13.2 Å². The molecule has 0 aromatic carbocycles. The highest BCUT2D eigenvalue weighted by molar-refractivity contribution is 5.79. The van der Waals surface area contributed by atoms with Crippen molar-refractivity contribution in [2.75, 3.05) is 13.1 Å². The van der Waals surface area contributed by atoms with Crippen LogP contribution in [0, 0.1) is 11.8 Å². The van der Waals surface area contributed by atoms with Gasteiger partial charge in [0.25, 0.3) is 0 Å². The van der Waals surface area contributed by atoms with E-state index in [2.05, 4.69) is 0 Å². The number of hydrogen-bond donors (Lipinski definition) is 0. The Morgan fingerprint density at radius 2 is 1.62 bits per heavy atom. The van der Waals surface area contributed by atoms with Gasteiger partial charge in [0.1, 0.15) is 0 Å². The summed E-state index contributed by atoms with van der Waals surface area (Å²) in [7, 11) is 0. The molecule has 92 valence electrons. The average molecular weight is 235 g/mol. The Kier molecular flexibility index (Phi) is 3.13. The van der Waals surface area contributed by atoms with Crippen LogP contribution in [0.15, 0.2) is 0 Å². The van der Waals surface area contributed by atoms with Gasteiger partial charge in [0.15, 0.2) is 0 Å². The van der Waals surface area contributed by atoms with Gasteiger partial charge in [0, 0.05) is 19.0 Å². The predicted molar refractivity (Wildman–Crippen MR) is 52.7 cm³/mol. The van der Waals surface area contributed by atoms with Crippen molar-refractivity contribution >= 4 is 5.91 Å². The van der Waals surface area contributed by atoms with Crippen LogP contribution in [0.1, 0.15) is 32.1 Å². The molecule has 0 radical (unpaired) electrons. The van der Waals surface area contributed by atoms with Crippen LogP contribution in [0.25, 0.3) is 0 Å². The summed E-state index contributed by atoms with van der Waals surface area (Å²) in [6.45, 7) is 0.555. The minimum Gasteiger partial charge on any atom is -0.342 e. The molecule has 2 nitrogen and oxygen atoms in total. The number of amides is 1. The summed E-state index contributed by atoms with van der Waals surface area (Å²) >= 11 is 0. The lowest BCUT2D eigenvalue weighted by atomic mass is 9.83. The molecule has 1 saturated heterocycles. The van der Waals surface area contributed by atoms with Crippen LogP contribution in [-0.4, -0.2) is 30.1 Å². The Hall–Kier alpha value is -0.740. The predicted octanol–water partition coefficient (Wildman–Crippen LogP) is 2.59. The lowest BCUT2D eigenvalue weighted by molar-refractivity contribution is -0.187. The van der Waals surface area contributed by atoms with E-state index in [9.17, 15) is 18.0 Å². The molecule has 1 aliphatic heterocycles. The van der Waals surface area contributed by atoms with Gasteiger partial charge in [0.2, 0.25) is 5.91 Å². The fourth-order valence-corrected chi connectivity index (χ4v) is 2.34. The van der Waals surface area contributed by atoms with E-state index < -0.39 is 12.1 Å². The fraction of sp³-hybridized carbons (Fsp3) is 0.909. The molecule has 0 N–H and O–H groups in total. The fourth-order valence-electron chi connectivity index (χ4n) is 2.34. The number of nitrogens with zero attached hydrogens (tertiary/aromatic N) is 1. The van der Waals surface area contributed by atoms with Crippen molar-refractivity contribution in [3.05, 3.63) is 0 Å². The summed E-state index contributed by atoms with van der Waals surface area (Å²) in [5.41, 5.74) is 0. The first-order valence-electron chi connectivity index (χ1n) is 5.84. The number of hydrogen-bond acceptors (Lipinski definition) is 1. The van der Waals surface area contributed by atoms with Crippen LogP contribution in [0.5, 0.6) is 0 Å². The monoisotopic (exact) mass is 235 g/mol. The molecular formula is C11H16F3NO. The third kappa shape index (κ3) is 2.33. The van der Waals surface area contributed by atoms with E-state index >= 15 is 0 Å². The topological polar surface area (TPSA) is 20.3 Å². The molecule has 1 heterocycles. The summed E-state index contributed by atoms with van der Waals surface area (Å²) in [5.74, 6) is -1.03. The molecule has 0 unspecified atom stereocenters. The molecule has 5 heteroatoms. The summed E-state index contributed by atoms with van der Waals surface area (Å²) in [5, 5.41) is 0. The number of halogens is 3. The second-order valence-electron chi connectivity index (χ2n) is 4.77. The largest absolute Gasteiger partial charge is 0.391 e. The molecule has 0 atom stereocenters. The van der Waals surface area contributed by atoms with Crippen molar-refractivity contribution in [1.29, 1.82) is 0 Å². The SMILES string of the molecule is O=C(C1CCC1)N1CCC(C(F)(F)F)CC1. The van der Waals surface area contributed by atoms with Gasteiger partial charge >= 0.3 is 6.18 Å². The van der Waals surface area contributed by atoms with Crippen LogP contribution in [-0.2, 0) is 4.79 Å². The van der Waals surface area contributed by atoms with E-state index in [1.54, 1.807) is 4.90 Å². The molecule has 16 heavy (non-hydrogen) atoms. The third-order valence-corrected chi connectivity index (χ3v) is 3.72. The Bertz CT molecular complexity index is 265. The molecular weight excluding hydrogens is 219 g/mol. The number of rotatable bonds is 1. The molecule has 1 amide bonds. The van der Waals surface area contributed by atoms with E-state index in [0.717, 1.165) is 19.3 Å². The highest BCUT2D eigenvalue weighted by atomic mass is 19.4. The molecule has 0 spiro atoms. The van der Waals surface area contributed by atoms with Crippen molar-refractivity contribution < 1.29 is 18.0 Å².